The Balaban J connectivity index is 1.99. The maximum Gasteiger partial charge on any atom is 0.0344 e. The highest BCUT2D eigenvalue weighted by Crippen LogP contribution is 2.36. The highest BCUT2D eigenvalue weighted by molar-refractivity contribution is 4.97. The quantitative estimate of drug-likeness (QED) is 0.860. The van der Waals surface area contributed by atoms with Gasteiger partial charge in [-0.2, -0.15) is 0 Å². The molecule has 2 fully saturated rings. The van der Waals surface area contributed by atoms with Crippen LogP contribution in [0, 0.1) is 5.41 Å². The van der Waals surface area contributed by atoms with Gasteiger partial charge in [0.15, 0.2) is 0 Å². The number of piperidine rings is 1. The standard InChI is InChI=1S/C17H35N3/c1-4-10-19-11-5-6-17(15-18,9-12-19)20-13-7-16(2,3)8-14-20/h4-15,18H2,1-3H3. The first-order valence-electron chi connectivity index (χ1n) is 8.69. The van der Waals surface area contributed by atoms with Crippen LogP contribution in [-0.2, 0) is 0 Å². The van der Waals surface area contributed by atoms with Gasteiger partial charge in [-0.15, -0.1) is 0 Å². The summed E-state index contributed by atoms with van der Waals surface area (Å²) in [6.07, 6.45) is 7.81. The molecule has 2 heterocycles. The lowest BCUT2D eigenvalue weighted by Gasteiger charge is -2.48. The second kappa shape index (κ2) is 6.76. The molecule has 0 aromatic rings. The predicted octanol–water partition coefficient (Wildman–Crippen LogP) is 2.70. The normalized spacial score (nSPS) is 33.0. The zero-order chi connectivity index (χ0) is 14.6. The summed E-state index contributed by atoms with van der Waals surface area (Å²) in [6, 6.07) is 0. The van der Waals surface area contributed by atoms with Gasteiger partial charge in [-0.3, -0.25) is 4.90 Å². The molecule has 0 amide bonds. The molecule has 1 atom stereocenters. The van der Waals surface area contributed by atoms with Gasteiger partial charge in [0.05, 0.1) is 0 Å². The molecular formula is C17H35N3. The third-order valence-corrected chi connectivity index (χ3v) is 5.72. The van der Waals surface area contributed by atoms with Gasteiger partial charge in [-0.1, -0.05) is 20.8 Å². The fourth-order valence-corrected chi connectivity index (χ4v) is 4.01. The van der Waals surface area contributed by atoms with Gasteiger partial charge in [-0.25, -0.2) is 0 Å². The van der Waals surface area contributed by atoms with Crippen molar-refractivity contribution in [3.05, 3.63) is 0 Å². The van der Waals surface area contributed by atoms with Gasteiger partial charge < -0.3 is 10.6 Å². The Labute approximate surface area is 125 Å². The van der Waals surface area contributed by atoms with Crippen LogP contribution < -0.4 is 5.73 Å². The van der Waals surface area contributed by atoms with Crippen molar-refractivity contribution in [2.24, 2.45) is 11.1 Å². The molecular weight excluding hydrogens is 246 g/mol. The van der Waals surface area contributed by atoms with Gasteiger partial charge in [0, 0.05) is 12.1 Å². The van der Waals surface area contributed by atoms with Crippen LogP contribution in [0.3, 0.4) is 0 Å². The number of hydrogen-bond acceptors (Lipinski definition) is 3. The van der Waals surface area contributed by atoms with E-state index in [-0.39, 0.29) is 0 Å². The first kappa shape index (κ1) is 16.3. The molecule has 0 bridgehead atoms. The molecule has 2 aliphatic rings. The molecule has 20 heavy (non-hydrogen) atoms. The highest BCUT2D eigenvalue weighted by Gasteiger charge is 2.39. The number of nitrogens with zero attached hydrogens (tertiary/aromatic N) is 2. The summed E-state index contributed by atoms with van der Waals surface area (Å²) in [4.78, 5) is 5.39. The average molecular weight is 281 g/mol. The Bertz CT molecular complexity index is 293. The van der Waals surface area contributed by atoms with Crippen molar-refractivity contribution < 1.29 is 0 Å². The number of likely N-dealkylation sites (tertiary alicyclic amines) is 2. The molecule has 2 N–H and O–H groups in total. The largest absolute Gasteiger partial charge is 0.329 e. The highest BCUT2D eigenvalue weighted by atomic mass is 15.2. The van der Waals surface area contributed by atoms with Crippen LogP contribution in [-0.4, -0.2) is 54.6 Å². The van der Waals surface area contributed by atoms with Crippen molar-refractivity contribution in [1.29, 1.82) is 0 Å². The predicted molar refractivity (Wildman–Crippen MR) is 87.0 cm³/mol. The summed E-state index contributed by atoms with van der Waals surface area (Å²) in [5.41, 5.74) is 7.09. The third kappa shape index (κ3) is 3.75. The minimum absolute atomic E-state index is 0.291. The van der Waals surface area contributed by atoms with Crippen molar-refractivity contribution in [2.45, 2.75) is 64.8 Å². The summed E-state index contributed by atoms with van der Waals surface area (Å²) in [5, 5.41) is 0. The summed E-state index contributed by atoms with van der Waals surface area (Å²) >= 11 is 0. The van der Waals surface area contributed by atoms with E-state index in [1.807, 2.05) is 0 Å². The van der Waals surface area contributed by atoms with Gasteiger partial charge in [-0.05, 0) is 76.7 Å². The molecule has 2 rings (SSSR count). The van der Waals surface area contributed by atoms with Crippen LogP contribution in [0.5, 0.6) is 0 Å². The van der Waals surface area contributed by atoms with E-state index in [9.17, 15) is 0 Å². The lowest BCUT2D eigenvalue weighted by atomic mass is 9.79. The van der Waals surface area contributed by atoms with Gasteiger partial charge >= 0.3 is 0 Å². The molecule has 1 unspecified atom stereocenters. The molecule has 0 radical (unpaired) electrons. The van der Waals surface area contributed by atoms with Crippen LogP contribution in [0.1, 0.15) is 59.3 Å². The van der Waals surface area contributed by atoms with Crippen LogP contribution in [0.25, 0.3) is 0 Å². The molecule has 118 valence electrons. The van der Waals surface area contributed by atoms with Crippen LogP contribution in [0.4, 0.5) is 0 Å². The third-order valence-electron chi connectivity index (χ3n) is 5.72. The average Bonchev–Trinajstić information content (AvgIpc) is 2.63. The Morgan fingerprint density at radius 2 is 1.65 bits per heavy atom. The summed E-state index contributed by atoms with van der Waals surface area (Å²) < 4.78 is 0. The first-order chi connectivity index (χ1) is 9.51. The minimum atomic E-state index is 0.291. The van der Waals surface area contributed by atoms with Crippen molar-refractivity contribution >= 4 is 0 Å². The van der Waals surface area contributed by atoms with E-state index in [0.29, 0.717) is 11.0 Å². The molecule has 0 aromatic carbocycles. The Kier molecular flexibility index (Phi) is 5.49. The van der Waals surface area contributed by atoms with Crippen molar-refractivity contribution in [1.82, 2.24) is 9.80 Å². The maximum atomic E-state index is 6.27. The van der Waals surface area contributed by atoms with Crippen molar-refractivity contribution in [3.63, 3.8) is 0 Å². The summed E-state index contributed by atoms with van der Waals surface area (Å²) in [6.45, 7) is 14.2. The Morgan fingerprint density at radius 1 is 0.950 bits per heavy atom. The molecule has 0 aromatic heterocycles. The van der Waals surface area contributed by atoms with Gasteiger partial charge in [0.2, 0.25) is 0 Å². The second-order valence-corrected chi connectivity index (χ2v) is 7.77. The molecule has 2 aliphatic heterocycles. The molecule has 2 saturated heterocycles. The van der Waals surface area contributed by atoms with E-state index in [1.165, 1.54) is 71.2 Å². The minimum Gasteiger partial charge on any atom is -0.329 e. The molecule has 3 nitrogen and oxygen atoms in total. The van der Waals surface area contributed by atoms with Gasteiger partial charge in [0.25, 0.3) is 0 Å². The van der Waals surface area contributed by atoms with E-state index in [2.05, 4.69) is 30.6 Å². The van der Waals surface area contributed by atoms with Crippen molar-refractivity contribution in [2.75, 3.05) is 39.3 Å². The van der Waals surface area contributed by atoms with Crippen LogP contribution in [0.15, 0.2) is 0 Å². The number of hydrogen-bond donors (Lipinski definition) is 1. The van der Waals surface area contributed by atoms with Gasteiger partial charge in [0.1, 0.15) is 0 Å². The molecule has 3 heteroatoms. The molecule has 0 saturated carbocycles. The maximum absolute atomic E-state index is 6.27. The smallest absolute Gasteiger partial charge is 0.0344 e. The second-order valence-electron chi connectivity index (χ2n) is 7.77. The van der Waals surface area contributed by atoms with Crippen molar-refractivity contribution in [3.8, 4) is 0 Å². The topological polar surface area (TPSA) is 32.5 Å². The summed E-state index contributed by atoms with van der Waals surface area (Å²) in [5.74, 6) is 0. The zero-order valence-electron chi connectivity index (χ0n) is 14.0. The van der Waals surface area contributed by atoms with E-state index in [0.717, 1.165) is 6.54 Å². The molecule has 0 aliphatic carbocycles. The van der Waals surface area contributed by atoms with E-state index < -0.39 is 0 Å². The number of rotatable bonds is 4. The fourth-order valence-electron chi connectivity index (χ4n) is 4.01. The van der Waals surface area contributed by atoms with Crippen LogP contribution in [0.2, 0.25) is 0 Å². The number of nitrogens with two attached hydrogens (primary N) is 1. The molecule has 0 spiro atoms. The lowest BCUT2D eigenvalue weighted by Crippen LogP contribution is -2.57. The van der Waals surface area contributed by atoms with Crippen LogP contribution >= 0.6 is 0 Å². The van der Waals surface area contributed by atoms with E-state index in [1.54, 1.807) is 0 Å². The zero-order valence-corrected chi connectivity index (χ0v) is 14.0. The Morgan fingerprint density at radius 3 is 2.25 bits per heavy atom. The first-order valence-corrected chi connectivity index (χ1v) is 8.69. The fraction of sp³-hybridized carbons (Fsp3) is 1.00. The summed E-state index contributed by atoms with van der Waals surface area (Å²) in [7, 11) is 0. The SMILES string of the molecule is CCCN1CCCC(CN)(N2CCC(C)(C)CC2)CC1. The van der Waals surface area contributed by atoms with E-state index >= 15 is 0 Å². The Hall–Kier alpha value is -0.120. The lowest BCUT2D eigenvalue weighted by molar-refractivity contribution is 0.0229. The monoisotopic (exact) mass is 281 g/mol. The van der Waals surface area contributed by atoms with E-state index in [4.69, 9.17) is 5.73 Å².